The number of nitrogens with zero attached hydrogens (tertiary/aromatic N) is 2. The van der Waals surface area contributed by atoms with Gasteiger partial charge in [-0.15, -0.1) is 11.3 Å². The van der Waals surface area contributed by atoms with Crippen molar-refractivity contribution < 1.29 is 9.59 Å². The Morgan fingerprint density at radius 3 is 2.50 bits per heavy atom. The molecule has 0 atom stereocenters. The van der Waals surface area contributed by atoms with Gasteiger partial charge in [0.1, 0.15) is 5.69 Å². The second-order valence-corrected chi connectivity index (χ2v) is 7.58. The van der Waals surface area contributed by atoms with Gasteiger partial charge in [0.25, 0.3) is 5.91 Å². The second kappa shape index (κ2) is 6.73. The van der Waals surface area contributed by atoms with Crippen LogP contribution in [-0.2, 0) is 4.79 Å². The second-order valence-electron chi connectivity index (χ2n) is 6.37. The fourth-order valence-electron chi connectivity index (χ4n) is 2.64. The van der Waals surface area contributed by atoms with Crippen LogP contribution < -0.4 is 5.73 Å². The average molecular weight is 343 g/mol. The summed E-state index contributed by atoms with van der Waals surface area (Å²) in [7, 11) is 0. The first-order chi connectivity index (χ1) is 11.4. The number of amides is 2. The summed E-state index contributed by atoms with van der Waals surface area (Å²) in [6, 6.07) is 8.03. The van der Waals surface area contributed by atoms with Crippen LogP contribution in [0.5, 0.6) is 0 Å². The smallest absolute Gasteiger partial charge is 0.274 e. The van der Waals surface area contributed by atoms with E-state index in [1.54, 1.807) is 4.90 Å². The zero-order valence-corrected chi connectivity index (χ0v) is 14.7. The predicted molar refractivity (Wildman–Crippen MR) is 94.8 cm³/mol. The Morgan fingerprint density at radius 1 is 1.25 bits per heavy atom. The van der Waals surface area contributed by atoms with Crippen LogP contribution in [0.4, 0.5) is 0 Å². The van der Waals surface area contributed by atoms with Crippen molar-refractivity contribution in [2.24, 2.45) is 11.7 Å². The number of benzene rings is 1. The summed E-state index contributed by atoms with van der Waals surface area (Å²) in [6.45, 7) is 4.43. The number of carbonyl (C=O) groups excluding carboxylic acids is 2. The molecule has 2 aromatic rings. The van der Waals surface area contributed by atoms with E-state index in [1.165, 1.54) is 11.3 Å². The molecule has 24 heavy (non-hydrogen) atoms. The third-order valence-electron chi connectivity index (χ3n) is 4.06. The first kappa shape index (κ1) is 16.6. The molecule has 0 bridgehead atoms. The molecule has 1 saturated carbocycles. The molecule has 0 aliphatic heterocycles. The molecule has 1 aliphatic carbocycles. The van der Waals surface area contributed by atoms with Gasteiger partial charge in [-0.1, -0.05) is 29.8 Å². The van der Waals surface area contributed by atoms with E-state index in [1.807, 2.05) is 38.1 Å². The van der Waals surface area contributed by atoms with Crippen molar-refractivity contribution in [2.45, 2.75) is 26.7 Å². The Bertz CT molecular complexity index is 763. The SMILES string of the molecule is Cc1ccc(-c2sc(C)nc2C(=O)N(CC(N)=O)CC2CC2)cc1. The third-order valence-corrected chi connectivity index (χ3v) is 5.08. The Labute approximate surface area is 145 Å². The molecule has 1 aromatic heterocycles. The molecule has 6 heteroatoms. The highest BCUT2D eigenvalue weighted by Crippen LogP contribution is 2.33. The Morgan fingerprint density at radius 2 is 1.92 bits per heavy atom. The van der Waals surface area contributed by atoms with E-state index in [0.717, 1.165) is 33.9 Å². The first-order valence-electron chi connectivity index (χ1n) is 8.06. The number of hydrogen-bond donors (Lipinski definition) is 1. The van der Waals surface area contributed by atoms with Crippen LogP contribution in [0.3, 0.4) is 0 Å². The summed E-state index contributed by atoms with van der Waals surface area (Å²) in [5, 5.41) is 0.833. The molecule has 126 valence electrons. The summed E-state index contributed by atoms with van der Waals surface area (Å²) < 4.78 is 0. The fourth-order valence-corrected chi connectivity index (χ4v) is 3.56. The van der Waals surface area contributed by atoms with Crippen molar-refractivity contribution >= 4 is 23.2 Å². The topological polar surface area (TPSA) is 76.3 Å². The number of rotatable bonds is 6. The lowest BCUT2D eigenvalue weighted by Crippen LogP contribution is -2.40. The molecule has 2 N–H and O–H groups in total. The van der Waals surface area contributed by atoms with Crippen LogP contribution in [0, 0.1) is 19.8 Å². The van der Waals surface area contributed by atoms with Crippen molar-refractivity contribution in [3.63, 3.8) is 0 Å². The van der Waals surface area contributed by atoms with Gasteiger partial charge in [0.2, 0.25) is 5.91 Å². The van der Waals surface area contributed by atoms with Gasteiger partial charge >= 0.3 is 0 Å². The molecular formula is C18H21N3O2S. The van der Waals surface area contributed by atoms with Gasteiger partial charge in [0, 0.05) is 6.54 Å². The molecular weight excluding hydrogens is 322 g/mol. The summed E-state index contributed by atoms with van der Waals surface area (Å²) in [6.07, 6.45) is 2.20. The number of hydrogen-bond acceptors (Lipinski definition) is 4. The number of nitrogens with two attached hydrogens (primary N) is 1. The van der Waals surface area contributed by atoms with E-state index >= 15 is 0 Å². The molecule has 3 rings (SSSR count). The van der Waals surface area contributed by atoms with Crippen molar-refractivity contribution in [3.05, 3.63) is 40.5 Å². The lowest BCUT2D eigenvalue weighted by atomic mass is 10.1. The highest BCUT2D eigenvalue weighted by Gasteiger charge is 2.30. The molecule has 0 saturated heterocycles. The fraction of sp³-hybridized carbons (Fsp3) is 0.389. The molecule has 1 aliphatic rings. The van der Waals surface area contributed by atoms with Crippen LogP contribution in [-0.4, -0.2) is 34.8 Å². The first-order valence-corrected chi connectivity index (χ1v) is 8.87. The van der Waals surface area contributed by atoms with Crippen LogP contribution in [0.25, 0.3) is 10.4 Å². The van der Waals surface area contributed by atoms with Gasteiger partial charge in [0.05, 0.1) is 16.4 Å². The zero-order chi connectivity index (χ0) is 17.3. The van der Waals surface area contributed by atoms with Gasteiger partial charge in [-0.05, 0) is 38.2 Å². The van der Waals surface area contributed by atoms with E-state index in [2.05, 4.69) is 4.98 Å². The summed E-state index contributed by atoms with van der Waals surface area (Å²) in [5.74, 6) is -0.218. The van der Waals surface area contributed by atoms with Gasteiger partial charge in [-0.3, -0.25) is 9.59 Å². The molecule has 0 unspecified atom stereocenters. The summed E-state index contributed by atoms with van der Waals surface area (Å²) in [4.78, 5) is 31.2. The Balaban J connectivity index is 1.93. The number of thiazole rings is 1. The van der Waals surface area contributed by atoms with Crippen LogP contribution in [0.1, 0.15) is 33.9 Å². The highest BCUT2D eigenvalue weighted by atomic mass is 32.1. The molecule has 1 aromatic carbocycles. The maximum Gasteiger partial charge on any atom is 0.274 e. The third kappa shape index (κ3) is 3.82. The van der Waals surface area contributed by atoms with Gasteiger partial charge < -0.3 is 10.6 Å². The minimum Gasteiger partial charge on any atom is -0.368 e. The quantitative estimate of drug-likeness (QED) is 0.876. The number of aromatic nitrogens is 1. The van der Waals surface area contributed by atoms with Crippen LogP contribution >= 0.6 is 11.3 Å². The molecule has 0 radical (unpaired) electrons. The maximum atomic E-state index is 13.0. The number of carbonyl (C=O) groups is 2. The Kier molecular flexibility index (Phi) is 4.66. The van der Waals surface area contributed by atoms with E-state index in [-0.39, 0.29) is 12.5 Å². The Hall–Kier alpha value is -2.21. The largest absolute Gasteiger partial charge is 0.368 e. The van der Waals surface area contributed by atoms with E-state index in [9.17, 15) is 9.59 Å². The predicted octanol–water partition coefficient (Wildman–Crippen LogP) is 2.76. The summed E-state index contributed by atoms with van der Waals surface area (Å²) >= 11 is 1.50. The van der Waals surface area contributed by atoms with Crippen molar-refractivity contribution in [1.29, 1.82) is 0 Å². The molecule has 2 amide bonds. The van der Waals surface area contributed by atoms with Crippen LogP contribution in [0.2, 0.25) is 0 Å². The van der Waals surface area contributed by atoms with Crippen molar-refractivity contribution in [1.82, 2.24) is 9.88 Å². The van der Waals surface area contributed by atoms with Crippen LogP contribution in [0.15, 0.2) is 24.3 Å². The standard InChI is InChI=1S/C18H21N3O2S/c1-11-3-7-14(8-4-11)17-16(20-12(2)24-17)18(23)21(10-15(19)22)9-13-5-6-13/h3-4,7-8,13H,5-6,9-10H2,1-2H3,(H2,19,22). The molecule has 0 spiro atoms. The minimum absolute atomic E-state index is 0.0563. The highest BCUT2D eigenvalue weighted by molar-refractivity contribution is 7.15. The zero-order valence-electron chi connectivity index (χ0n) is 13.9. The lowest BCUT2D eigenvalue weighted by Gasteiger charge is -2.20. The maximum absolute atomic E-state index is 13.0. The van der Waals surface area contributed by atoms with Gasteiger partial charge in [-0.2, -0.15) is 0 Å². The monoisotopic (exact) mass is 343 g/mol. The average Bonchev–Trinajstić information content (AvgIpc) is 3.26. The van der Waals surface area contributed by atoms with Gasteiger partial charge in [0.15, 0.2) is 0 Å². The van der Waals surface area contributed by atoms with E-state index < -0.39 is 5.91 Å². The van der Waals surface area contributed by atoms with Crippen molar-refractivity contribution in [2.75, 3.05) is 13.1 Å². The van der Waals surface area contributed by atoms with Crippen molar-refractivity contribution in [3.8, 4) is 10.4 Å². The normalized spacial score (nSPS) is 13.8. The van der Waals surface area contributed by atoms with Gasteiger partial charge in [-0.25, -0.2) is 4.98 Å². The van der Waals surface area contributed by atoms with E-state index in [4.69, 9.17) is 5.73 Å². The lowest BCUT2D eigenvalue weighted by molar-refractivity contribution is -0.118. The number of aryl methyl sites for hydroxylation is 2. The summed E-state index contributed by atoms with van der Waals surface area (Å²) in [5.41, 5.74) is 7.88. The van der Waals surface area contributed by atoms with E-state index in [0.29, 0.717) is 18.2 Å². The number of primary amides is 1. The molecule has 5 nitrogen and oxygen atoms in total. The molecule has 1 heterocycles. The molecule has 1 fully saturated rings. The minimum atomic E-state index is -0.493.